The quantitative estimate of drug-likeness (QED) is 0.605. The van der Waals surface area contributed by atoms with Crippen LogP contribution in [0.3, 0.4) is 0 Å². The summed E-state index contributed by atoms with van der Waals surface area (Å²) in [7, 11) is -7.73. The number of amides is 1. The van der Waals surface area contributed by atoms with Crippen molar-refractivity contribution < 1.29 is 21.6 Å². The molecule has 0 saturated heterocycles. The van der Waals surface area contributed by atoms with Crippen molar-refractivity contribution in [3.05, 3.63) is 0 Å². The average molecular weight is 293 g/mol. The van der Waals surface area contributed by atoms with Gasteiger partial charge in [0.25, 0.3) is 0 Å². The van der Waals surface area contributed by atoms with Crippen LogP contribution in [0.25, 0.3) is 0 Å². The summed E-state index contributed by atoms with van der Waals surface area (Å²) in [4.78, 5) is 10.7. The molecule has 0 aliphatic carbocycles. The van der Waals surface area contributed by atoms with Crippen LogP contribution in [-0.2, 0) is 24.8 Å². The standard InChI is InChI=1S/C6H13ClN2O5S2/c1-15(11,12)9(16(2,13)14)4-3-8-6(10)5-7/h3-5H2,1-2H3,(H,8,10). The lowest BCUT2D eigenvalue weighted by Gasteiger charge is -2.17. The molecule has 10 heteroatoms. The summed E-state index contributed by atoms with van der Waals surface area (Å²) in [5.74, 6) is -0.763. The van der Waals surface area contributed by atoms with Crippen LogP contribution in [0.5, 0.6) is 0 Å². The number of nitrogens with zero attached hydrogens (tertiary/aromatic N) is 1. The van der Waals surface area contributed by atoms with Crippen LogP contribution >= 0.6 is 11.6 Å². The van der Waals surface area contributed by atoms with Gasteiger partial charge in [0.1, 0.15) is 5.88 Å². The van der Waals surface area contributed by atoms with Crippen molar-refractivity contribution >= 4 is 37.6 Å². The molecule has 7 nitrogen and oxygen atoms in total. The number of nitrogens with one attached hydrogen (secondary N) is 1. The Morgan fingerprint density at radius 1 is 1.19 bits per heavy atom. The lowest BCUT2D eigenvalue weighted by Crippen LogP contribution is -2.41. The van der Waals surface area contributed by atoms with Gasteiger partial charge in [-0.15, -0.1) is 11.6 Å². The van der Waals surface area contributed by atoms with Gasteiger partial charge in [0, 0.05) is 13.1 Å². The molecular formula is C6H13ClN2O5S2. The van der Waals surface area contributed by atoms with Gasteiger partial charge in [-0.2, -0.15) is 0 Å². The zero-order chi connectivity index (χ0) is 13.0. The average Bonchev–Trinajstić information content (AvgIpc) is 2.07. The van der Waals surface area contributed by atoms with Gasteiger partial charge >= 0.3 is 0 Å². The largest absolute Gasteiger partial charge is 0.354 e. The minimum Gasteiger partial charge on any atom is -0.354 e. The zero-order valence-corrected chi connectivity index (χ0v) is 11.2. The summed E-state index contributed by atoms with van der Waals surface area (Å²) in [6.07, 6.45) is 1.55. The number of carbonyl (C=O) groups excluding carboxylic acids is 1. The molecular weight excluding hydrogens is 280 g/mol. The summed E-state index contributed by atoms with van der Waals surface area (Å²) < 4.78 is 44.8. The van der Waals surface area contributed by atoms with Gasteiger partial charge in [0.15, 0.2) is 0 Å². The Hall–Kier alpha value is -0.380. The lowest BCUT2D eigenvalue weighted by molar-refractivity contribution is -0.118. The van der Waals surface area contributed by atoms with Crippen LogP contribution in [0, 0.1) is 0 Å². The summed E-state index contributed by atoms with van der Waals surface area (Å²) >= 11 is 5.18. The molecule has 1 N–H and O–H groups in total. The number of sulfonamides is 2. The van der Waals surface area contributed by atoms with E-state index >= 15 is 0 Å². The molecule has 0 fully saturated rings. The second-order valence-electron chi connectivity index (χ2n) is 3.01. The van der Waals surface area contributed by atoms with E-state index in [2.05, 4.69) is 5.32 Å². The summed E-state index contributed by atoms with van der Waals surface area (Å²) in [6.45, 7) is -0.466. The minimum absolute atomic E-state index is 0.119. The predicted molar refractivity (Wildman–Crippen MR) is 60.1 cm³/mol. The van der Waals surface area contributed by atoms with Crippen molar-refractivity contribution in [2.75, 3.05) is 31.5 Å². The molecule has 0 bridgehead atoms. The fourth-order valence-corrected chi connectivity index (χ4v) is 3.82. The number of halogens is 1. The number of carbonyl (C=O) groups is 1. The number of hydrogen-bond donors (Lipinski definition) is 1. The molecule has 0 aliphatic rings. The highest BCUT2D eigenvalue weighted by Gasteiger charge is 2.26. The Labute approximate surface area is 99.9 Å². The third-order valence-electron chi connectivity index (χ3n) is 1.48. The van der Waals surface area contributed by atoms with Gasteiger partial charge < -0.3 is 5.32 Å². The fraction of sp³-hybridized carbons (Fsp3) is 0.833. The summed E-state index contributed by atoms with van der Waals surface area (Å²) in [5.41, 5.74) is 0. The second kappa shape index (κ2) is 5.80. The van der Waals surface area contributed by atoms with E-state index in [1.807, 2.05) is 0 Å². The monoisotopic (exact) mass is 292 g/mol. The van der Waals surface area contributed by atoms with Gasteiger partial charge in [-0.25, -0.2) is 16.8 Å². The fourth-order valence-electron chi connectivity index (χ4n) is 0.911. The Kier molecular flexibility index (Phi) is 5.66. The maximum Gasteiger partial charge on any atom is 0.234 e. The van der Waals surface area contributed by atoms with Gasteiger partial charge in [0.05, 0.1) is 12.5 Å². The Balaban J connectivity index is 4.57. The highest BCUT2D eigenvalue weighted by molar-refractivity contribution is 8.03. The molecule has 0 aliphatic heterocycles. The van der Waals surface area contributed by atoms with Crippen molar-refractivity contribution in [3.8, 4) is 0 Å². The number of alkyl halides is 1. The van der Waals surface area contributed by atoms with Crippen LogP contribution in [0.15, 0.2) is 0 Å². The van der Waals surface area contributed by atoms with Crippen LogP contribution in [0.4, 0.5) is 0 Å². The van der Waals surface area contributed by atoms with Crippen LogP contribution in [0.1, 0.15) is 0 Å². The third-order valence-corrected chi connectivity index (χ3v) is 5.19. The van der Waals surface area contributed by atoms with Crippen molar-refractivity contribution in [1.29, 1.82) is 0 Å². The number of hydrogen-bond acceptors (Lipinski definition) is 5. The normalized spacial score (nSPS) is 12.8. The molecule has 0 spiro atoms. The van der Waals surface area contributed by atoms with Crippen LogP contribution < -0.4 is 5.32 Å². The van der Waals surface area contributed by atoms with Gasteiger partial charge in [-0.05, 0) is 0 Å². The third kappa shape index (κ3) is 5.64. The van der Waals surface area contributed by atoms with Gasteiger partial charge in [-0.1, -0.05) is 3.71 Å². The molecule has 0 saturated carbocycles. The topological polar surface area (TPSA) is 101 Å². The summed E-state index contributed by atoms with van der Waals surface area (Å²) in [6, 6.07) is 0. The first kappa shape index (κ1) is 15.6. The first-order valence-electron chi connectivity index (χ1n) is 4.09. The van der Waals surface area contributed by atoms with Crippen LogP contribution in [0.2, 0.25) is 0 Å². The first-order valence-corrected chi connectivity index (χ1v) is 8.32. The smallest absolute Gasteiger partial charge is 0.234 e. The van der Waals surface area contributed by atoms with Crippen LogP contribution in [-0.4, -0.2) is 57.9 Å². The molecule has 0 radical (unpaired) electrons. The molecule has 0 unspecified atom stereocenters. The van der Waals surface area contributed by atoms with E-state index in [9.17, 15) is 21.6 Å². The molecule has 16 heavy (non-hydrogen) atoms. The highest BCUT2D eigenvalue weighted by Crippen LogP contribution is 2.03. The van der Waals surface area contributed by atoms with Crippen molar-refractivity contribution in [2.45, 2.75) is 0 Å². The zero-order valence-electron chi connectivity index (χ0n) is 8.80. The van der Waals surface area contributed by atoms with Gasteiger partial charge in [-0.3, -0.25) is 4.79 Å². The molecule has 96 valence electrons. The number of rotatable bonds is 6. The maximum absolute atomic E-state index is 11.1. The lowest BCUT2D eigenvalue weighted by atomic mass is 10.6. The Morgan fingerprint density at radius 3 is 1.94 bits per heavy atom. The maximum atomic E-state index is 11.1. The molecule has 0 aromatic rings. The summed E-state index contributed by atoms with van der Waals surface area (Å²) in [5, 5.41) is 2.27. The molecule has 0 aromatic carbocycles. The van der Waals surface area contributed by atoms with E-state index < -0.39 is 26.0 Å². The molecule has 0 heterocycles. The van der Waals surface area contributed by atoms with Crippen molar-refractivity contribution in [1.82, 2.24) is 9.03 Å². The van der Waals surface area contributed by atoms with E-state index in [-0.39, 0.29) is 19.0 Å². The molecule has 0 atom stereocenters. The SMILES string of the molecule is CS(=O)(=O)N(CCNC(=O)CCl)S(C)(=O)=O. The second-order valence-corrected chi connectivity index (χ2v) is 7.32. The first-order chi connectivity index (χ1) is 7.09. The van der Waals surface area contributed by atoms with E-state index in [4.69, 9.17) is 11.6 Å². The minimum atomic E-state index is -3.87. The van der Waals surface area contributed by atoms with Crippen molar-refractivity contribution in [2.24, 2.45) is 0 Å². The van der Waals surface area contributed by atoms with Gasteiger partial charge in [0.2, 0.25) is 26.0 Å². The Morgan fingerprint density at radius 2 is 1.62 bits per heavy atom. The highest BCUT2D eigenvalue weighted by atomic mass is 35.5. The Bertz CT molecular complexity index is 412. The van der Waals surface area contributed by atoms with E-state index in [1.54, 1.807) is 0 Å². The van der Waals surface area contributed by atoms with E-state index in [0.29, 0.717) is 3.71 Å². The molecule has 1 amide bonds. The molecule has 0 rings (SSSR count). The predicted octanol–water partition coefficient (Wildman–Crippen LogP) is -1.44. The van der Waals surface area contributed by atoms with E-state index in [0.717, 1.165) is 12.5 Å². The van der Waals surface area contributed by atoms with E-state index in [1.165, 1.54) is 0 Å². The van der Waals surface area contributed by atoms with Crippen molar-refractivity contribution in [3.63, 3.8) is 0 Å². The molecule has 0 aromatic heterocycles.